The molecule has 0 aromatic heterocycles. The van der Waals surface area contributed by atoms with Crippen LogP contribution in [-0.4, -0.2) is 25.4 Å². The van der Waals surface area contributed by atoms with Crippen LogP contribution in [0.2, 0.25) is 0 Å². The van der Waals surface area contributed by atoms with E-state index >= 15 is 0 Å². The van der Waals surface area contributed by atoms with Crippen molar-refractivity contribution in [3.05, 3.63) is 17.7 Å². The molecular formula is C15H20O4. The van der Waals surface area contributed by atoms with E-state index in [4.69, 9.17) is 14.2 Å². The maximum Gasteiger partial charge on any atom is 0.204 e. The van der Waals surface area contributed by atoms with Crippen molar-refractivity contribution in [2.75, 3.05) is 20.3 Å². The Morgan fingerprint density at radius 2 is 1.74 bits per heavy atom. The number of hydrogen-bond donors (Lipinski definition) is 1. The molecule has 4 heteroatoms. The van der Waals surface area contributed by atoms with E-state index in [1.807, 2.05) is 12.1 Å². The highest BCUT2D eigenvalue weighted by Crippen LogP contribution is 2.49. The van der Waals surface area contributed by atoms with Crippen LogP contribution in [0.5, 0.6) is 17.2 Å². The van der Waals surface area contributed by atoms with Gasteiger partial charge in [0.15, 0.2) is 11.5 Å². The minimum atomic E-state index is -0.782. The average Bonchev–Trinajstić information content (AvgIpc) is 2.46. The molecule has 1 N–H and O–H groups in total. The Hall–Kier alpha value is -1.42. The van der Waals surface area contributed by atoms with Gasteiger partial charge in [-0.15, -0.1) is 0 Å². The van der Waals surface area contributed by atoms with Gasteiger partial charge in [0.25, 0.3) is 0 Å². The molecule has 4 nitrogen and oxygen atoms in total. The zero-order valence-electron chi connectivity index (χ0n) is 11.3. The average molecular weight is 264 g/mol. The second-order valence-electron chi connectivity index (χ2n) is 5.26. The summed E-state index contributed by atoms with van der Waals surface area (Å²) in [5, 5.41) is 10.9. The van der Waals surface area contributed by atoms with Crippen molar-refractivity contribution in [3.63, 3.8) is 0 Å². The first-order valence-corrected chi connectivity index (χ1v) is 6.94. The Balaban J connectivity index is 2.06. The Morgan fingerprint density at radius 1 is 1.05 bits per heavy atom. The smallest absolute Gasteiger partial charge is 0.204 e. The molecule has 1 heterocycles. The van der Waals surface area contributed by atoms with Crippen LogP contribution in [0.4, 0.5) is 0 Å². The van der Waals surface area contributed by atoms with Crippen LogP contribution in [0.3, 0.4) is 0 Å². The molecule has 1 fully saturated rings. The van der Waals surface area contributed by atoms with Gasteiger partial charge in [-0.05, 0) is 25.0 Å². The molecule has 1 saturated carbocycles. The van der Waals surface area contributed by atoms with Gasteiger partial charge in [-0.3, -0.25) is 0 Å². The Labute approximate surface area is 113 Å². The van der Waals surface area contributed by atoms with E-state index in [1.165, 1.54) is 6.42 Å². The van der Waals surface area contributed by atoms with E-state index in [1.54, 1.807) is 7.11 Å². The number of aliphatic hydroxyl groups is 1. The minimum absolute atomic E-state index is 0.517. The molecule has 0 spiro atoms. The van der Waals surface area contributed by atoms with Crippen molar-refractivity contribution in [2.45, 2.75) is 37.7 Å². The summed E-state index contributed by atoms with van der Waals surface area (Å²) in [6.07, 6.45) is 4.87. The van der Waals surface area contributed by atoms with E-state index in [-0.39, 0.29) is 0 Å². The highest BCUT2D eigenvalue weighted by Gasteiger charge is 2.36. The van der Waals surface area contributed by atoms with Gasteiger partial charge in [0.1, 0.15) is 13.2 Å². The van der Waals surface area contributed by atoms with Crippen molar-refractivity contribution >= 4 is 0 Å². The lowest BCUT2D eigenvalue weighted by Crippen LogP contribution is -2.30. The van der Waals surface area contributed by atoms with Gasteiger partial charge in [-0.1, -0.05) is 19.3 Å². The van der Waals surface area contributed by atoms with Crippen molar-refractivity contribution in [1.82, 2.24) is 0 Å². The Bertz CT molecular complexity index is 463. The molecule has 0 unspecified atom stereocenters. The molecule has 2 aliphatic rings. The summed E-state index contributed by atoms with van der Waals surface area (Å²) < 4.78 is 16.7. The SMILES string of the molecule is COc1ccc(C2(O)CCCCC2)c2c1OCCO2. The molecule has 0 bridgehead atoms. The lowest BCUT2D eigenvalue weighted by atomic mass is 9.79. The van der Waals surface area contributed by atoms with E-state index < -0.39 is 5.60 Å². The van der Waals surface area contributed by atoms with Crippen LogP contribution in [0.15, 0.2) is 12.1 Å². The largest absolute Gasteiger partial charge is 0.493 e. The molecule has 1 aromatic rings. The van der Waals surface area contributed by atoms with E-state index in [0.29, 0.717) is 30.5 Å². The molecular weight excluding hydrogens is 244 g/mol. The minimum Gasteiger partial charge on any atom is -0.493 e. The van der Waals surface area contributed by atoms with Gasteiger partial charge in [0.05, 0.1) is 12.7 Å². The van der Waals surface area contributed by atoms with Gasteiger partial charge in [0.2, 0.25) is 5.75 Å². The summed E-state index contributed by atoms with van der Waals surface area (Å²) >= 11 is 0. The van der Waals surface area contributed by atoms with Gasteiger partial charge >= 0.3 is 0 Å². The quantitative estimate of drug-likeness (QED) is 0.892. The van der Waals surface area contributed by atoms with E-state index in [9.17, 15) is 5.11 Å². The molecule has 1 aliphatic carbocycles. The van der Waals surface area contributed by atoms with Crippen LogP contribution in [0.1, 0.15) is 37.7 Å². The summed E-state index contributed by atoms with van der Waals surface area (Å²) in [6, 6.07) is 3.77. The highest BCUT2D eigenvalue weighted by molar-refractivity contribution is 5.58. The maximum atomic E-state index is 10.9. The normalized spacial score (nSPS) is 20.9. The predicted octanol–water partition coefficient (Wildman–Crippen LogP) is 2.62. The zero-order chi connectivity index (χ0) is 13.3. The van der Waals surface area contributed by atoms with Crippen LogP contribution >= 0.6 is 0 Å². The number of rotatable bonds is 2. The number of ether oxygens (including phenoxy) is 3. The summed E-state index contributed by atoms with van der Waals surface area (Å²) in [7, 11) is 1.61. The second-order valence-corrected chi connectivity index (χ2v) is 5.26. The summed E-state index contributed by atoms with van der Waals surface area (Å²) in [4.78, 5) is 0. The standard InChI is InChI=1S/C15H20O4/c1-17-12-6-5-11(13-14(12)19-10-9-18-13)15(16)7-3-2-4-8-15/h5-6,16H,2-4,7-10H2,1H3. The molecule has 3 rings (SSSR count). The number of methoxy groups -OCH3 is 1. The van der Waals surface area contributed by atoms with E-state index in [2.05, 4.69) is 0 Å². The molecule has 104 valence electrons. The zero-order valence-corrected chi connectivity index (χ0v) is 11.3. The summed E-state index contributed by atoms with van der Waals surface area (Å²) in [5.41, 5.74) is 0.0673. The molecule has 19 heavy (non-hydrogen) atoms. The predicted molar refractivity (Wildman–Crippen MR) is 71.0 cm³/mol. The monoisotopic (exact) mass is 264 g/mol. The summed E-state index contributed by atoms with van der Waals surface area (Å²) in [6.45, 7) is 1.04. The number of hydrogen-bond acceptors (Lipinski definition) is 4. The van der Waals surface area contributed by atoms with Crippen molar-refractivity contribution in [3.8, 4) is 17.2 Å². The third-order valence-corrected chi connectivity index (χ3v) is 4.05. The Kier molecular flexibility index (Phi) is 3.27. The van der Waals surface area contributed by atoms with Crippen LogP contribution in [-0.2, 0) is 5.60 Å². The maximum absolute atomic E-state index is 10.9. The first-order chi connectivity index (χ1) is 9.24. The van der Waals surface area contributed by atoms with Crippen molar-refractivity contribution < 1.29 is 19.3 Å². The van der Waals surface area contributed by atoms with Gasteiger partial charge < -0.3 is 19.3 Å². The molecule has 0 amide bonds. The lowest BCUT2D eigenvalue weighted by molar-refractivity contribution is -0.00476. The fraction of sp³-hybridized carbons (Fsp3) is 0.600. The number of fused-ring (bicyclic) bond motifs is 1. The van der Waals surface area contributed by atoms with Crippen LogP contribution in [0, 0.1) is 0 Å². The first kappa shape index (κ1) is 12.6. The van der Waals surface area contributed by atoms with Gasteiger partial charge in [-0.2, -0.15) is 0 Å². The molecule has 0 saturated heterocycles. The fourth-order valence-electron chi connectivity index (χ4n) is 3.05. The van der Waals surface area contributed by atoms with Gasteiger partial charge in [0, 0.05) is 5.56 Å². The topological polar surface area (TPSA) is 47.9 Å². The van der Waals surface area contributed by atoms with Crippen molar-refractivity contribution in [2.24, 2.45) is 0 Å². The highest BCUT2D eigenvalue weighted by atomic mass is 16.6. The molecule has 1 aromatic carbocycles. The van der Waals surface area contributed by atoms with Crippen LogP contribution < -0.4 is 14.2 Å². The van der Waals surface area contributed by atoms with E-state index in [0.717, 1.165) is 31.2 Å². The summed E-state index contributed by atoms with van der Waals surface area (Å²) in [5.74, 6) is 1.96. The van der Waals surface area contributed by atoms with Gasteiger partial charge in [-0.25, -0.2) is 0 Å². The molecule has 0 atom stereocenters. The first-order valence-electron chi connectivity index (χ1n) is 6.94. The number of benzene rings is 1. The lowest BCUT2D eigenvalue weighted by Gasteiger charge is -2.35. The van der Waals surface area contributed by atoms with Crippen LogP contribution in [0.25, 0.3) is 0 Å². The third-order valence-electron chi connectivity index (χ3n) is 4.05. The van der Waals surface area contributed by atoms with Crippen molar-refractivity contribution in [1.29, 1.82) is 0 Å². The molecule has 1 aliphatic heterocycles. The Morgan fingerprint density at radius 3 is 2.42 bits per heavy atom. The fourth-order valence-corrected chi connectivity index (χ4v) is 3.05. The second kappa shape index (κ2) is 4.93. The molecule has 0 radical (unpaired) electrons. The third kappa shape index (κ3) is 2.14.